The molecule has 112 valence electrons. The molecule has 1 saturated carbocycles. The van der Waals surface area contributed by atoms with Crippen molar-refractivity contribution in [1.82, 2.24) is 5.32 Å². The van der Waals surface area contributed by atoms with Crippen LogP contribution in [0.1, 0.15) is 68.2 Å². The second-order valence-corrected chi connectivity index (χ2v) is 6.70. The molecule has 1 nitrogen and oxygen atoms in total. The van der Waals surface area contributed by atoms with E-state index in [1.165, 1.54) is 55.2 Å². The first kappa shape index (κ1) is 15.9. The summed E-state index contributed by atoms with van der Waals surface area (Å²) in [7, 11) is 0. The molecule has 20 heavy (non-hydrogen) atoms. The van der Waals surface area contributed by atoms with Gasteiger partial charge in [-0.15, -0.1) is 0 Å². The topological polar surface area (TPSA) is 12.0 Å². The minimum Gasteiger partial charge on any atom is -0.310 e. The zero-order chi connectivity index (χ0) is 14.5. The second-order valence-electron chi connectivity index (χ2n) is 6.29. The summed E-state index contributed by atoms with van der Waals surface area (Å²) in [6, 6.07) is 4.87. The number of aryl methyl sites for hydroxylation is 2. The number of hydrogen-bond donors (Lipinski definition) is 1. The molecule has 1 aromatic rings. The molecule has 0 bridgehead atoms. The Kier molecular flexibility index (Phi) is 5.92. The van der Waals surface area contributed by atoms with E-state index in [4.69, 9.17) is 11.6 Å². The van der Waals surface area contributed by atoms with Crippen molar-refractivity contribution < 1.29 is 0 Å². The van der Waals surface area contributed by atoms with Crippen molar-refractivity contribution in [3.05, 3.63) is 33.8 Å². The van der Waals surface area contributed by atoms with Crippen LogP contribution in [0.25, 0.3) is 0 Å². The Morgan fingerprint density at radius 3 is 2.45 bits per heavy atom. The standard InChI is InChI=1S/C18H28ClN/c1-4-10-20-18(15-8-6-5-7-9-15)16-11-13(2)14(3)12-17(16)19/h11-12,15,18,20H,4-10H2,1-3H3. The maximum absolute atomic E-state index is 6.55. The van der Waals surface area contributed by atoms with Crippen LogP contribution < -0.4 is 5.32 Å². The first-order valence-corrected chi connectivity index (χ1v) is 8.51. The van der Waals surface area contributed by atoms with Crippen LogP contribution in [0, 0.1) is 19.8 Å². The van der Waals surface area contributed by atoms with Crippen molar-refractivity contribution in [3.8, 4) is 0 Å². The molecular formula is C18H28ClN. The maximum Gasteiger partial charge on any atom is 0.0456 e. The Morgan fingerprint density at radius 1 is 1.15 bits per heavy atom. The zero-order valence-electron chi connectivity index (χ0n) is 13.1. The third kappa shape index (κ3) is 3.77. The van der Waals surface area contributed by atoms with E-state index >= 15 is 0 Å². The number of benzene rings is 1. The van der Waals surface area contributed by atoms with Crippen molar-refractivity contribution in [2.75, 3.05) is 6.54 Å². The van der Waals surface area contributed by atoms with Crippen molar-refractivity contribution in [2.45, 2.75) is 65.3 Å². The van der Waals surface area contributed by atoms with E-state index in [9.17, 15) is 0 Å². The predicted molar refractivity (Wildman–Crippen MR) is 88.5 cm³/mol. The molecule has 1 aliphatic carbocycles. The first-order chi connectivity index (χ1) is 9.63. The van der Waals surface area contributed by atoms with E-state index in [-0.39, 0.29) is 0 Å². The smallest absolute Gasteiger partial charge is 0.0456 e. The molecule has 0 amide bonds. The van der Waals surface area contributed by atoms with Gasteiger partial charge in [-0.05, 0) is 68.3 Å². The molecule has 0 heterocycles. The van der Waals surface area contributed by atoms with Gasteiger partial charge in [-0.3, -0.25) is 0 Å². The number of hydrogen-bond acceptors (Lipinski definition) is 1. The van der Waals surface area contributed by atoms with Crippen LogP contribution in [-0.2, 0) is 0 Å². The molecule has 1 atom stereocenters. The van der Waals surface area contributed by atoms with Crippen LogP contribution in [0.2, 0.25) is 5.02 Å². The summed E-state index contributed by atoms with van der Waals surface area (Å²) in [5.41, 5.74) is 3.95. The van der Waals surface area contributed by atoms with Crippen molar-refractivity contribution in [2.24, 2.45) is 5.92 Å². The van der Waals surface area contributed by atoms with Crippen molar-refractivity contribution >= 4 is 11.6 Å². The van der Waals surface area contributed by atoms with Crippen LogP contribution in [0.4, 0.5) is 0 Å². The van der Waals surface area contributed by atoms with E-state index in [1.807, 2.05) is 0 Å². The van der Waals surface area contributed by atoms with Crippen LogP contribution in [0.15, 0.2) is 12.1 Å². The van der Waals surface area contributed by atoms with Gasteiger partial charge in [0.1, 0.15) is 0 Å². The van der Waals surface area contributed by atoms with E-state index in [0.717, 1.165) is 17.5 Å². The van der Waals surface area contributed by atoms with Crippen LogP contribution >= 0.6 is 11.6 Å². The number of halogens is 1. The number of nitrogens with one attached hydrogen (secondary N) is 1. The van der Waals surface area contributed by atoms with E-state index in [1.54, 1.807) is 0 Å². The second kappa shape index (κ2) is 7.47. The Labute approximate surface area is 129 Å². The lowest BCUT2D eigenvalue weighted by Crippen LogP contribution is -2.30. The first-order valence-electron chi connectivity index (χ1n) is 8.13. The maximum atomic E-state index is 6.55. The lowest BCUT2D eigenvalue weighted by molar-refractivity contribution is 0.272. The molecular weight excluding hydrogens is 266 g/mol. The van der Waals surface area contributed by atoms with Crippen LogP contribution in [-0.4, -0.2) is 6.54 Å². The lowest BCUT2D eigenvalue weighted by Gasteiger charge is -2.32. The average molecular weight is 294 g/mol. The summed E-state index contributed by atoms with van der Waals surface area (Å²) < 4.78 is 0. The van der Waals surface area contributed by atoms with Gasteiger partial charge >= 0.3 is 0 Å². The quantitative estimate of drug-likeness (QED) is 0.747. The highest BCUT2D eigenvalue weighted by atomic mass is 35.5. The largest absolute Gasteiger partial charge is 0.310 e. The van der Waals surface area contributed by atoms with Gasteiger partial charge in [0, 0.05) is 11.1 Å². The van der Waals surface area contributed by atoms with Crippen LogP contribution in [0.5, 0.6) is 0 Å². The monoisotopic (exact) mass is 293 g/mol. The minimum atomic E-state index is 0.432. The molecule has 0 spiro atoms. The molecule has 1 aliphatic rings. The fraction of sp³-hybridized carbons (Fsp3) is 0.667. The van der Waals surface area contributed by atoms with E-state index in [2.05, 4.69) is 38.2 Å². The highest BCUT2D eigenvalue weighted by Crippen LogP contribution is 2.38. The van der Waals surface area contributed by atoms with Gasteiger partial charge in [0.25, 0.3) is 0 Å². The Balaban J connectivity index is 2.27. The summed E-state index contributed by atoms with van der Waals surface area (Å²) in [5, 5.41) is 4.70. The summed E-state index contributed by atoms with van der Waals surface area (Å²) in [6.07, 6.45) is 7.99. The van der Waals surface area contributed by atoms with Gasteiger partial charge < -0.3 is 5.32 Å². The molecule has 2 heteroatoms. The highest BCUT2D eigenvalue weighted by Gasteiger charge is 2.26. The third-order valence-corrected chi connectivity index (χ3v) is 5.01. The molecule has 1 aromatic carbocycles. The molecule has 1 N–H and O–H groups in total. The Bertz CT molecular complexity index is 435. The minimum absolute atomic E-state index is 0.432. The molecule has 2 rings (SSSR count). The Morgan fingerprint density at radius 2 is 1.80 bits per heavy atom. The van der Waals surface area contributed by atoms with Gasteiger partial charge in [-0.25, -0.2) is 0 Å². The molecule has 0 saturated heterocycles. The summed E-state index contributed by atoms with van der Waals surface area (Å²) >= 11 is 6.55. The SMILES string of the molecule is CCCNC(c1cc(C)c(C)cc1Cl)C1CCCCC1. The van der Waals surface area contributed by atoms with Crippen molar-refractivity contribution in [1.29, 1.82) is 0 Å². The van der Waals surface area contributed by atoms with E-state index < -0.39 is 0 Å². The zero-order valence-corrected chi connectivity index (χ0v) is 13.9. The summed E-state index contributed by atoms with van der Waals surface area (Å²) in [5.74, 6) is 0.745. The summed E-state index contributed by atoms with van der Waals surface area (Å²) in [6.45, 7) is 7.63. The number of rotatable bonds is 5. The predicted octanol–water partition coefficient (Wildman–Crippen LogP) is 5.58. The molecule has 0 aromatic heterocycles. The molecule has 1 unspecified atom stereocenters. The average Bonchev–Trinajstić information content (AvgIpc) is 2.45. The van der Waals surface area contributed by atoms with Gasteiger partial charge in [0.15, 0.2) is 0 Å². The molecule has 0 radical (unpaired) electrons. The Hall–Kier alpha value is -0.530. The molecule has 1 fully saturated rings. The van der Waals surface area contributed by atoms with E-state index in [0.29, 0.717) is 6.04 Å². The fourth-order valence-electron chi connectivity index (χ4n) is 3.34. The lowest BCUT2D eigenvalue weighted by atomic mass is 9.80. The molecule has 0 aliphatic heterocycles. The van der Waals surface area contributed by atoms with Gasteiger partial charge in [0.05, 0.1) is 0 Å². The normalized spacial score (nSPS) is 18.2. The fourth-order valence-corrected chi connectivity index (χ4v) is 3.68. The van der Waals surface area contributed by atoms with Gasteiger partial charge in [-0.2, -0.15) is 0 Å². The summed E-state index contributed by atoms with van der Waals surface area (Å²) in [4.78, 5) is 0. The van der Waals surface area contributed by atoms with Gasteiger partial charge in [0.2, 0.25) is 0 Å². The third-order valence-electron chi connectivity index (χ3n) is 4.68. The highest BCUT2D eigenvalue weighted by molar-refractivity contribution is 6.31. The van der Waals surface area contributed by atoms with Crippen molar-refractivity contribution in [3.63, 3.8) is 0 Å². The van der Waals surface area contributed by atoms with Gasteiger partial charge in [-0.1, -0.05) is 43.9 Å². The van der Waals surface area contributed by atoms with Crippen LogP contribution in [0.3, 0.4) is 0 Å².